The first-order valence-electron chi connectivity index (χ1n) is 33.5. The van der Waals surface area contributed by atoms with Crippen LogP contribution in [0.2, 0.25) is 0 Å². The van der Waals surface area contributed by atoms with Crippen LogP contribution in [-0.2, 0) is 23.0 Å². The van der Waals surface area contributed by atoms with E-state index in [1.807, 2.05) is 76.2 Å². The number of halogens is 6. The van der Waals surface area contributed by atoms with Crippen molar-refractivity contribution in [2.75, 3.05) is 14.2 Å². The quantitative estimate of drug-likeness (QED) is 0.0925. The first-order valence-corrected chi connectivity index (χ1v) is 33.5. The molecule has 0 spiro atoms. The Morgan fingerprint density at radius 3 is 1.27 bits per heavy atom. The first-order chi connectivity index (χ1) is 42.8. The van der Waals surface area contributed by atoms with Gasteiger partial charge in [-0.3, -0.25) is 9.98 Å². The molecule has 2 aliphatic heterocycles. The molecule has 2 aromatic carbocycles. The second-order valence-electron chi connectivity index (χ2n) is 28.0. The number of aromatic nitrogens is 2. The Labute approximate surface area is 548 Å². The van der Waals surface area contributed by atoms with Crippen molar-refractivity contribution in [3.63, 3.8) is 0 Å². The van der Waals surface area contributed by atoms with Gasteiger partial charge in [0, 0.05) is 11.1 Å². The van der Waals surface area contributed by atoms with Crippen molar-refractivity contribution in [3.8, 4) is 17.6 Å². The summed E-state index contributed by atoms with van der Waals surface area (Å²) in [4.78, 5) is 24.5. The van der Waals surface area contributed by atoms with E-state index >= 15 is 26.3 Å². The maximum absolute atomic E-state index is 15.3. The molecule has 8 atom stereocenters. The van der Waals surface area contributed by atoms with E-state index in [2.05, 4.69) is 38.6 Å². The topological polar surface area (TPSA) is 99.5 Å². The maximum atomic E-state index is 15.3. The zero-order valence-electron chi connectivity index (χ0n) is 56.0. The number of hydrogen-bond acceptors (Lipinski definition) is 5. The number of benzene rings is 2. The SMILES string of the molecule is COc1ccc(/C(=C2/N=C(C(C)C)C(C#N)=C2C2CCCCC2C)c2[n-]c(C(C)C)c(C(F)(F)F)c2C2CCCCC2C)cc1.[C-]#[N+]c1c(C(C)C)[n-]c(/C(=C2\N=C(C(C)C)C(C(F)(F)F)=C2C2CCCCC2C)c2ccc(OC)cc2)c1C1CCCCC1C.[Co+2]. The Morgan fingerprint density at radius 2 is 0.901 bits per heavy atom. The van der Waals surface area contributed by atoms with Crippen molar-refractivity contribution in [1.29, 1.82) is 5.26 Å². The summed E-state index contributed by atoms with van der Waals surface area (Å²) in [6.45, 7) is 32.3. The van der Waals surface area contributed by atoms with E-state index in [9.17, 15) is 5.26 Å². The van der Waals surface area contributed by atoms with E-state index in [1.54, 1.807) is 41.9 Å². The summed E-state index contributed by atoms with van der Waals surface area (Å²) < 4.78 is 102. The second-order valence-corrected chi connectivity index (χ2v) is 28.0. The number of methoxy groups -OCH3 is 2. The van der Waals surface area contributed by atoms with Crippen LogP contribution in [-0.4, -0.2) is 31.8 Å². The smallest absolute Gasteiger partial charge is 0.671 e. The summed E-state index contributed by atoms with van der Waals surface area (Å²) in [5, 5.41) is 10.6. The molecule has 4 aromatic rings. The molecular formula is C76H94CoF6N6O2. The average molecular weight is 1300 g/mol. The zero-order chi connectivity index (χ0) is 65.3. The second kappa shape index (κ2) is 29.5. The predicted molar refractivity (Wildman–Crippen MR) is 350 cm³/mol. The maximum Gasteiger partial charge on any atom is 2.00 e. The van der Waals surface area contributed by atoms with Gasteiger partial charge in [-0.1, -0.05) is 196 Å². The summed E-state index contributed by atoms with van der Waals surface area (Å²) in [6.07, 6.45) is 6.23. The van der Waals surface area contributed by atoms with Gasteiger partial charge in [0.1, 0.15) is 17.6 Å². The standard InChI is InChI=1S/2C38H47F3N3O.Co/c1-21(2)33-32(38(39,40)41)30(27-15-11-9-13-23(27)5)35(43-33)29(25-17-19-26(45-8)20-18-25)36-31(28-16-12-10-14-24(28)6)37(42-7)34(44-36)22(3)4;1-21(2)34-29(20-42)31(27-14-10-8-12-23(27)5)36(43-34)30(25-16-18-26(45-7)19-17-25)37-32(28-15-11-9-13-24(28)6)33(38(39,40)41)35(44-37)22(3)4;/h17-24,27-28H,9-16H2,1-6,8H3;16-19,21-24,27-28H,8-15H2,1-7H3;/q2*-1;+2/b35-29-;36-30-;. The number of alkyl halides is 6. The van der Waals surface area contributed by atoms with E-state index in [4.69, 9.17) is 36.0 Å². The summed E-state index contributed by atoms with van der Waals surface area (Å²) in [5.41, 5.74) is 8.86. The van der Waals surface area contributed by atoms with Crippen LogP contribution in [0.15, 0.2) is 92.2 Å². The number of nitriles is 1. The van der Waals surface area contributed by atoms with Crippen LogP contribution in [0.5, 0.6) is 11.5 Å². The third-order valence-electron chi connectivity index (χ3n) is 20.6. The van der Waals surface area contributed by atoms with E-state index in [-0.39, 0.29) is 75.5 Å². The molecule has 4 saturated carbocycles. The van der Waals surface area contributed by atoms with Gasteiger partial charge in [-0.15, -0.1) is 17.1 Å². The van der Waals surface area contributed by atoms with Gasteiger partial charge in [0.15, 0.2) is 5.69 Å². The third-order valence-corrected chi connectivity index (χ3v) is 20.6. The van der Waals surface area contributed by atoms with Gasteiger partial charge in [0.05, 0.1) is 54.8 Å². The van der Waals surface area contributed by atoms with Gasteiger partial charge < -0.3 is 19.4 Å². The van der Waals surface area contributed by atoms with Gasteiger partial charge in [0.2, 0.25) is 0 Å². The van der Waals surface area contributed by atoms with E-state index in [1.165, 1.54) is 0 Å². The molecular weight excluding hydrogens is 1200 g/mol. The summed E-state index contributed by atoms with van der Waals surface area (Å²) in [5.74, 6) is 0.946. The number of hydrogen-bond donors (Lipinski definition) is 0. The van der Waals surface area contributed by atoms with E-state index in [0.717, 1.165) is 118 Å². The van der Waals surface area contributed by atoms with Crippen molar-refractivity contribution < 1.29 is 52.6 Å². The Balaban J connectivity index is 0.000000232. The van der Waals surface area contributed by atoms with Crippen LogP contribution in [0, 0.1) is 65.2 Å². The van der Waals surface area contributed by atoms with Gasteiger partial charge in [-0.2, -0.15) is 37.3 Å². The molecule has 1 radical (unpaired) electrons. The molecule has 0 saturated heterocycles. The molecule has 0 amide bonds. The number of nitrogens with zero attached hydrogens (tertiary/aromatic N) is 6. The van der Waals surface area contributed by atoms with Gasteiger partial charge >= 0.3 is 29.1 Å². The minimum Gasteiger partial charge on any atom is -0.671 e. The van der Waals surface area contributed by atoms with Crippen molar-refractivity contribution in [1.82, 2.24) is 9.97 Å². The minimum absolute atomic E-state index is 0. The Bertz CT molecular complexity index is 3530. The van der Waals surface area contributed by atoms with Crippen LogP contribution in [0.1, 0.15) is 260 Å². The van der Waals surface area contributed by atoms with Crippen molar-refractivity contribution in [2.24, 2.45) is 57.3 Å². The predicted octanol–water partition coefficient (Wildman–Crippen LogP) is 21.8. The van der Waals surface area contributed by atoms with Crippen LogP contribution in [0.4, 0.5) is 32.0 Å². The molecule has 4 fully saturated rings. The Hall–Kier alpha value is -6.03. The normalized spacial score (nSPS) is 25.3. The largest absolute Gasteiger partial charge is 2.00 e. The molecule has 10 rings (SSSR count). The third kappa shape index (κ3) is 14.4. The van der Waals surface area contributed by atoms with Gasteiger partial charge in [0.25, 0.3) is 0 Å². The number of ether oxygens (including phenoxy) is 2. The molecule has 4 aliphatic carbocycles. The van der Waals surface area contributed by atoms with Gasteiger partial charge in [-0.05, 0) is 148 Å². The molecule has 8 unspecified atom stereocenters. The van der Waals surface area contributed by atoms with Gasteiger partial charge in [-0.25, -0.2) is 4.85 Å². The van der Waals surface area contributed by atoms with E-state index in [0.29, 0.717) is 98.2 Å². The molecule has 15 heteroatoms. The minimum atomic E-state index is -4.55. The molecule has 2 aromatic heterocycles. The summed E-state index contributed by atoms with van der Waals surface area (Å²) in [6, 6.07) is 17.5. The number of allylic oxidation sites excluding steroid dienone is 4. The van der Waals surface area contributed by atoms with Crippen LogP contribution >= 0.6 is 0 Å². The molecule has 491 valence electrons. The average Bonchev–Trinajstić information content (AvgIpc) is 1.60. The zero-order valence-corrected chi connectivity index (χ0v) is 57.0. The van der Waals surface area contributed by atoms with Crippen LogP contribution < -0.4 is 19.4 Å². The Morgan fingerprint density at radius 1 is 0.527 bits per heavy atom. The first kappa shape index (κ1) is 70.8. The molecule has 4 heterocycles. The van der Waals surface area contributed by atoms with Crippen molar-refractivity contribution in [3.05, 3.63) is 144 Å². The van der Waals surface area contributed by atoms with Crippen LogP contribution in [0.25, 0.3) is 16.0 Å². The Kier molecular flexibility index (Phi) is 23.0. The fourth-order valence-corrected chi connectivity index (χ4v) is 15.9. The fraction of sp³-hybridized carbons (Fsp3) is 0.579. The molecule has 6 aliphatic rings. The molecule has 0 N–H and O–H groups in total. The summed E-state index contributed by atoms with van der Waals surface area (Å²) in [7, 11) is 3.20. The van der Waals surface area contributed by atoms with Crippen molar-refractivity contribution in [2.45, 2.75) is 222 Å². The number of aliphatic imine (C=N–C) groups is 2. The molecule has 0 bridgehead atoms. The van der Waals surface area contributed by atoms with Crippen LogP contribution in [0.3, 0.4) is 0 Å². The van der Waals surface area contributed by atoms with E-state index < -0.39 is 35.3 Å². The monoisotopic (exact) mass is 1300 g/mol. The summed E-state index contributed by atoms with van der Waals surface area (Å²) >= 11 is 0. The van der Waals surface area contributed by atoms with Crippen molar-refractivity contribution >= 4 is 28.3 Å². The molecule has 8 nitrogen and oxygen atoms in total. The number of rotatable bonds is 14. The molecule has 91 heavy (non-hydrogen) atoms. The fourth-order valence-electron chi connectivity index (χ4n) is 15.9.